The van der Waals surface area contributed by atoms with E-state index in [0.29, 0.717) is 0 Å². The molecule has 0 saturated carbocycles. The Morgan fingerprint density at radius 1 is 0.537 bits per heavy atom. The van der Waals surface area contributed by atoms with E-state index in [-0.39, 0.29) is 7.25 Å². The van der Waals surface area contributed by atoms with Gasteiger partial charge >= 0.3 is 273 Å². The van der Waals surface area contributed by atoms with Crippen molar-refractivity contribution in [2.45, 2.75) is 28.6 Å². The maximum atomic E-state index is 7.45. The van der Waals surface area contributed by atoms with Crippen LogP contribution in [0.2, 0.25) is 7.50 Å². The van der Waals surface area contributed by atoms with Crippen LogP contribution in [0.25, 0.3) is 34.4 Å². The van der Waals surface area contributed by atoms with E-state index in [4.69, 9.17) is 34.1 Å². The van der Waals surface area contributed by atoms with Crippen LogP contribution in [-0.2, 0) is 35.8 Å². The Labute approximate surface area is 269 Å². The standard InChI is InChI=1S/2C16H13.C2H6Si.4ClH.2Zr/c2*1-12-10-14-8-5-9-15(16(14)11-12)13-6-3-2-4-7-13;1-3-2;;;;;;/h2*2-11H,1H3;1-3H2;4*1H;;/q;;;;;;;2*+2/p-4. The molecule has 0 fully saturated rings. The van der Waals surface area contributed by atoms with Gasteiger partial charge in [0.05, 0.1) is 0 Å². The number of benzene rings is 4. The predicted molar refractivity (Wildman–Crippen MR) is 178 cm³/mol. The SMILES string of the molecule is CC1=Cc2c(-c3ccccc3)cccc2[CH]1[Zr]([Cl])([Cl])[CH2][SiH2][CH2][Zr]([Cl])([Cl])[CH]1C(C)=Cc2c(-c3ccccc3)cccc21. The van der Waals surface area contributed by atoms with Gasteiger partial charge in [-0.25, -0.2) is 0 Å². The number of rotatable bonds is 8. The van der Waals surface area contributed by atoms with Gasteiger partial charge in [0.15, 0.2) is 0 Å². The Morgan fingerprint density at radius 2 is 0.927 bits per heavy atom. The predicted octanol–water partition coefficient (Wildman–Crippen LogP) is 11.5. The molecule has 2 unspecified atom stereocenters. The third-order valence-electron chi connectivity index (χ3n) is 8.59. The second-order valence-electron chi connectivity index (χ2n) is 11.4. The molecule has 0 aromatic heterocycles. The summed E-state index contributed by atoms with van der Waals surface area (Å²) in [6.07, 6.45) is 4.64. The normalized spacial score (nSPS) is 18.4. The van der Waals surface area contributed by atoms with Gasteiger partial charge in [-0.3, -0.25) is 0 Å². The van der Waals surface area contributed by atoms with Crippen LogP contribution in [0.5, 0.6) is 0 Å². The fourth-order valence-corrected chi connectivity index (χ4v) is 52.2. The summed E-state index contributed by atoms with van der Waals surface area (Å²) < 4.78 is 2.31. The minimum atomic E-state index is -3.55. The van der Waals surface area contributed by atoms with Gasteiger partial charge in [0, 0.05) is 0 Å². The molecule has 0 amide bonds. The van der Waals surface area contributed by atoms with Gasteiger partial charge in [-0.05, 0) is 0 Å². The van der Waals surface area contributed by atoms with Crippen LogP contribution in [0.3, 0.4) is 0 Å². The molecule has 4 aromatic rings. The summed E-state index contributed by atoms with van der Waals surface area (Å²) in [7, 11) is 29.2. The second-order valence-corrected chi connectivity index (χ2v) is 49.0. The number of allylic oxidation sites excluding steroid dienone is 2. The van der Waals surface area contributed by atoms with E-state index in [1.807, 2.05) is 0 Å². The van der Waals surface area contributed by atoms with Crippen molar-refractivity contribution in [1.82, 2.24) is 0 Å². The van der Waals surface area contributed by atoms with Gasteiger partial charge in [0.2, 0.25) is 0 Å². The Hall–Kier alpha value is -0.497. The van der Waals surface area contributed by atoms with Gasteiger partial charge in [0.1, 0.15) is 0 Å². The molecule has 0 bridgehead atoms. The summed E-state index contributed by atoms with van der Waals surface area (Å²) >= 11 is -7.11. The molecule has 41 heavy (non-hydrogen) atoms. The Kier molecular flexibility index (Phi) is 9.29. The molecule has 0 heterocycles. The molecule has 0 spiro atoms. The molecule has 2 atom stereocenters. The van der Waals surface area contributed by atoms with E-state index in [0.717, 1.165) is 7.50 Å². The summed E-state index contributed by atoms with van der Waals surface area (Å²) in [5.41, 5.74) is 12.8. The molecule has 2 aliphatic rings. The molecule has 0 nitrogen and oxygen atoms in total. The van der Waals surface area contributed by atoms with Gasteiger partial charge in [-0.2, -0.15) is 0 Å². The summed E-state index contributed by atoms with van der Waals surface area (Å²) in [4.78, 5) is 0. The van der Waals surface area contributed by atoms with Crippen molar-refractivity contribution in [3.05, 3.63) is 130 Å². The van der Waals surface area contributed by atoms with Crippen molar-refractivity contribution in [3.8, 4) is 22.3 Å². The topological polar surface area (TPSA) is 0 Å². The van der Waals surface area contributed by atoms with E-state index in [9.17, 15) is 0 Å². The number of hydrogen-bond acceptors (Lipinski definition) is 0. The van der Waals surface area contributed by atoms with Crippen molar-refractivity contribution in [2.24, 2.45) is 0 Å². The van der Waals surface area contributed by atoms with Crippen LogP contribution in [0.4, 0.5) is 0 Å². The van der Waals surface area contributed by atoms with E-state index in [1.54, 1.807) is 0 Å². The van der Waals surface area contributed by atoms with Crippen LogP contribution in [0, 0.1) is 0 Å². The number of halogens is 4. The number of hydrogen-bond donors (Lipinski definition) is 0. The van der Waals surface area contributed by atoms with Crippen molar-refractivity contribution < 1.29 is 35.8 Å². The number of fused-ring (bicyclic) bond motifs is 2. The molecule has 208 valence electrons. The molecule has 6 rings (SSSR count). The average Bonchev–Trinajstić information content (AvgIpc) is 3.49. The third kappa shape index (κ3) is 6.09. The monoisotopic (exact) mass is 788 g/mol. The average molecular weight is 793 g/mol. The molecule has 0 saturated heterocycles. The van der Waals surface area contributed by atoms with Crippen molar-refractivity contribution in [1.29, 1.82) is 0 Å². The molecule has 0 N–H and O–H groups in total. The van der Waals surface area contributed by atoms with E-state index in [1.165, 1.54) is 55.7 Å². The van der Waals surface area contributed by atoms with Gasteiger partial charge < -0.3 is 0 Å². The first kappa shape index (κ1) is 30.5. The quantitative estimate of drug-likeness (QED) is 0.156. The van der Waals surface area contributed by atoms with Crippen molar-refractivity contribution in [3.63, 3.8) is 0 Å². The molecular weight excluding hydrogens is 761 g/mol. The van der Waals surface area contributed by atoms with E-state index in [2.05, 4.69) is 123 Å². The molecular formula is C34H32Cl4SiZr2. The van der Waals surface area contributed by atoms with Crippen LogP contribution in [0.1, 0.15) is 43.4 Å². The Bertz CT molecular complexity index is 1530. The van der Waals surface area contributed by atoms with Gasteiger partial charge in [-0.15, -0.1) is 0 Å². The summed E-state index contributed by atoms with van der Waals surface area (Å²) in [6.45, 7) is 4.41. The van der Waals surface area contributed by atoms with Gasteiger partial charge in [0.25, 0.3) is 0 Å². The van der Waals surface area contributed by atoms with E-state index >= 15 is 0 Å². The van der Waals surface area contributed by atoms with E-state index < -0.39 is 45.3 Å². The van der Waals surface area contributed by atoms with Crippen LogP contribution >= 0.6 is 34.1 Å². The first-order chi connectivity index (χ1) is 19.7. The van der Waals surface area contributed by atoms with Crippen LogP contribution in [-0.4, -0.2) is 9.52 Å². The summed E-state index contributed by atoms with van der Waals surface area (Å²) in [5.74, 6) is 0. The van der Waals surface area contributed by atoms with Crippen LogP contribution in [0.15, 0.2) is 108 Å². The Morgan fingerprint density at radius 3 is 1.32 bits per heavy atom. The molecule has 0 aliphatic heterocycles. The fourth-order valence-electron chi connectivity index (χ4n) is 6.81. The van der Waals surface area contributed by atoms with Crippen molar-refractivity contribution in [2.75, 3.05) is 0 Å². The zero-order chi connectivity index (χ0) is 28.8. The summed E-state index contributed by atoms with van der Waals surface area (Å²) in [5, 5.41) is 0. The van der Waals surface area contributed by atoms with Gasteiger partial charge in [-0.1, -0.05) is 0 Å². The zero-order valence-corrected chi connectivity index (χ0v) is 32.5. The zero-order valence-electron chi connectivity index (χ0n) is 23.2. The minimum absolute atomic E-state index is 0.177. The summed E-state index contributed by atoms with van der Waals surface area (Å²) in [6, 6.07) is 34.4. The Balaban J connectivity index is 1.20. The molecule has 4 aromatic carbocycles. The molecule has 0 radical (unpaired) electrons. The van der Waals surface area contributed by atoms with Crippen LogP contribution < -0.4 is 0 Å². The fraction of sp³-hybridized carbons (Fsp3) is 0.176. The molecule has 2 aliphatic carbocycles. The first-order valence-corrected chi connectivity index (χ1v) is 35.1. The van der Waals surface area contributed by atoms with Crippen molar-refractivity contribution >= 4 is 55.7 Å². The molecule has 7 heteroatoms. The third-order valence-corrected chi connectivity index (χ3v) is 52.2. The second kappa shape index (κ2) is 12.5. The first-order valence-electron chi connectivity index (χ1n) is 14.2. The maximum absolute atomic E-state index is 7.45.